The smallest absolute Gasteiger partial charge is 0.232 e. The Hall–Kier alpha value is -3.21. The van der Waals surface area contributed by atoms with Gasteiger partial charge in [0.1, 0.15) is 0 Å². The van der Waals surface area contributed by atoms with E-state index in [-0.39, 0.29) is 84.6 Å². The number of piperidine rings is 6. The number of hydrogen-bond acceptors (Lipinski definition) is 15. The molecule has 6 aliphatic rings. The maximum atomic E-state index is 5.66. The Balaban J connectivity index is 1.13. The molecule has 0 bridgehead atoms. The lowest BCUT2D eigenvalue weighted by Crippen LogP contribution is -2.63. The summed E-state index contributed by atoms with van der Waals surface area (Å²) in [4.78, 5) is 32.5. The van der Waals surface area contributed by atoms with Crippen molar-refractivity contribution in [3.8, 4) is 0 Å². The molecule has 502 valence electrons. The summed E-state index contributed by atoms with van der Waals surface area (Å²) in [7, 11) is 9.27. The van der Waals surface area contributed by atoms with Crippen LogP contribution >= 0.6 is 0 Å². The van der Waals surface area contributed by atoms with Crippen LogP contribution in [0.5, 0.6) is 0 Å². The van der Waals surface area contributed by atoms with E-state index in [4.69, 9.17) is 15.0 Å². The second kappa shape index (κ2) is 24.6. The highest BCUT2D eigenvalue weighted by atomic mass is 15.4. The molecule has 0 spiro atoms. The number of aromatic nitrogens is 3. The number of unbranched alkanes of at least 4 members (excludes halogenated alkanes) is 3. The minimum absolute atomic E-state index is 0.00159. The molecule has 0 amide bonds. The third-order valence-corrected chi connectivity index (χ3v) is 21.2. The summed E-state index contributed by atoms with van der Waals surface area (Å²) >= 11 is 0. The van der Waals surface area contributed by atoms with Crippen LogP contribution in [0, 0.1) is 0 Å². The highest BCUT2D eigenvalue weighted by Gasteiger charge is 2.47. The summed E-state index contributed by atoms with van der Waals surface area (Å²) in [6.45, 7) is 59.1. The number of anilines is 6. The van der Waals surface area contributed by atoms with Crippen molar-refractivity contribution in [1.82, 2.24) is 46.9 Å². The van der Waals surface area contributed by atoms with Crippen molar-refractivity contribution in [2.24, 2.45) is 0 Å². The molecular weight excluding hydrogens is 1090 g/mol. The molecule has 6 aliphatic heterocycles. The van der Waals surface area contributed by atoms with Crippen LogP contribution in [0.1, 0.15) is 269 Å². The van der Waals surface area contributed by atoms with Crippen LogP contribution in [0.2, 0.25) is 0 Å². The first-order chi connectivity index (χ1) is 39.9. The molecule has 8 rings (SSSR count). The van der Waals surface area contributed by atoms with Crippen LogP contribution in [0.15, 0.2) is 18.2 Å². The molecule has 0 unspecified atom stereocenters. The van der Waals surface area contributed by atoms with E-state index in [9.17, 15) is 0 Å². The van der Waals surface area contributed by atoms with Gasteiger partial charge in [0.25, 0.3) is 0 Å². The Kier molecular flexibility index (Phi) is 19.8. The first-order valence-electron chi connectivity index (χ1n) is 35.0. The van der Waals surface area contributed by atoms with Gasteiger partial charge in [-0.2, -0.15) is 15.0 Å². The van der Waals surface area contributed by atoms with Gasteiger partial charge in [-0.1, -0.05) is 12.8 Å². The lowest BCUT2D eigenvalue weighted by molar-refractivity contribution is 0.156. The van der Waals surface area contributed by atoms with Crippen LogP contribution in [0.4, 0.5) is 34.9 Å². The fraction of sp³-hybridized carbons (Fsp3) is 0.877. The van der Waals surface area contributed by atoms with Gasteiger partial charge in [0, 0.05) is 161 Å². The van der Waals surface area contributed by atoms with Gasteiger partial charge in [-0.3, -0.25) is 0 Å². The van der Waals surface area contributed by atoms with E-state index >= 15 is 0 Å². The van der Waals surface area contributed by atoms with E-state index in [1.54, 1.807) is 0 Å². The molecule has 2 aromatic rings. The first-order valence-corrected chi connectivity index (χ1v) is 35.0. The van der Waals surface area contributed by atoms with Crippen LogP contribution in [-0.2, 0) is 0 Å². The largest absolute Gasteiger partial charge is 0.371 e. The van der Waals surface area contributed by atoms with Crippen LogP contribution < -0.4 is 61.3 Å². The minimum Gasteiger partial charge on any atom is -0.371 e. The zero-order chi connectivity index (χ0) is 65.6. The van der Waals surface area contributed by atoms with Crippen LogP contribution in [-0.4, -0.2) is 159 Å². The van der Waals surface area contributed by atoms with Crippen LogP contribution in [0.3, 0.4) is 0 Å². The highest BCUT2D eigenvalue weighted by molar-refractivity contribution is 5.70. The average molecular weight is 1220 g/mol. The molecule has 7 heterocycles. The maximum Gasteiger partial charge on any atom is 0.232 e. The monoisotopic (exact) mass is 1220 g/mol. The van der Waals surface area contributed by atoms with Crippen molar-refractivity contribution in [2.45, 2.75) is 372 Å². The molecule has 6 fully saturated rings. The second-order valence-electron chi connectivity index (χ2n) is 37.9. The number of rotatable bonds is 19. The fourth-order valence-electron chi connectivity index (χ4n) is 19.7. The molecule has 15 heteroatoms. The third kappa shape index (κ3) is 18.3. The molecule has 1 aromatic heterocycles. The van der Waals surface area contributed by atoms with E-state index in [2.05, 4.69) is 274 Å². The Bertz CT molecular complexity index is 2300. The number of hydrogen-bond donors (Lipinski definition) is 6. The van der Waals surface area contributed by atoms with E-state index < -0.39 is 0 Å². The minimum atomic E-state index is -0.0565. The third-order valence-electron chi connectivity index (χ3n) is 21.2. The predicted molar refractivity (Wildman–Crippen MR) is 379 cm³/mol. The molecule has 0 atom stereocenters. The summed E-state index contributed by atoms with van der Waals surface area (Å²) in [6.07, 6.45) is 17.1. The Morgan fingerprint density at radius 1 is 0.273 bits per heavy atom. The normalized spacial score (nSPS) is 26.5. The first kappa shape index (κ1) is 70.7. The van der Waals surface area contributed by atoms with E-state index in [0.29, 0.717) is 18.1 Å². The van der Waals surface area contributed by atoms with Gasteiger partial charge in [0.2, 0.25) is 17.8 Å². The summed E-state index contributed by atoms with van der Waals surface area (Å²) < 4.78 is 0. The Labute approximate surface area is 539 Å². The Morgan fingerprint density at radius 2 is 0.477 bits per heavy atom. The molecule has 6 N–H and O–H groups in total. The van der Waals surface area contributed by atoms with Crippen molar-refractivity contribution in [2.75, 3.05) is 70.7 Å². The van der Waals surface area contributed by atoms with Gasteiger partial charge in [0.15, 0.2) is 0 Å². The standard InChI is InChI=1S/C73H135N15/c1-62(2)38-53(39-63(3,4)77-62)83(25)50-35-51(84(26)54-40-64(5,6)78-65(7,8)41-54)37-52(36-50)87(57-46-70(17,18)81-71(19,20)47-57)33-31-29-30-32-34-88(58-48-72(21,22)82-73(23,24)49-58)61-75-59(85(27)55-42-66(9,10)79-67(11,12)43-55)74-60(76-61)86(28)56-44-68(13,14)80-69(15,16)45-56/h35-37,53-58,77-82H,29-34,38-49H2,1-28H3. The molecule has 15 nitrogen and oxygen atoms in total. The molecular formula is C73H135N15. The van der Waals surface area contributed by atoms with Crippen molar-refractivity contribution >= 4 is 34.9 Å². The van der Waals surface area contributed by atoms with Gasteiger partial charge in [-0.15, -0.1) is 0 Å². The van der Waals surface area contributed by atoms with Crippen molar-refractivity contribution < 1.29 is 0 Å². The molecule has 6 saturated heterocycles. The van der Waals surface area contributed by atoms with Gasteiger partial charge in [-0.05, 0) is 274 Å². The molecule has 0 radical (unpaired) electrons. The quantitative estimate of drug-likeness (QED) is 0.0746. The zero-order valence-electron chi connectivity index (χ0n) is 61.9. The van der Waals surface area contributed by atoms with Crippen molar-refractivity contribution in [3.05, 3.63) is 18.2 Å². The van der Waals surface area contributed by atoms with Crippen molar-refractivity contribution in [1.29, 1.82) is 0 Å². The number of nitrogens with zero attached hydrogens (tertiary/aromatic N) is 9. The SMILES string of the molecule is CN(c1cc(N(C)C2CC(C)(C)NC(C)(C)C2)cc(N(CCCCCCN(c2nc(N(C)C3CC(C)(C)NC(C)(C)C3)nc(N(C)C3CC(C)(C)NC(C)(C)C3)n2)C2CC(C)(C)NC(C)(C)C2)C2CC(C)(C)NC(C)(C)C2)c1)C1CC(C)(C)NC(C)(C)C1. The van der Waals surface area contributed by atoms with Gasteiger partial charge >= 0.3 is 0 Å². The summed E-state index contributed by atoms with van der Waals surface area (Å²) in [6, 6.07) is 9.69. The number of benzene rings is 1. The Morgan fingerprint density at radius 3 is 0.750 bits per heavy atom. The number of nitrogens with one attached hydrogen (secondary N) is 6. The highest BCUT2D eigenvalue weighted by Crippen LogP contribution is 2.44. The molecule has 0 aliphatic carbocycles. The van der Waals surface area contributed by atoms with Gasteiger partial charge in [0.05, 0.1) is 0 Å². The summed E-state index contributed by atoms with van der Waals surface area (Å²) in [5.41, 5.74) is 3.97. The van der Waals surface area contributed by atoms with E-state index in [1.807, 2.05) is 0 Å². The maximum absolute atomic E-state index is 5.66. The lowest BCUT2D eigenvalue weighted by atomic mass is 9.78. The second-order valence-corrected chi connectivity index (χ2v) is 37.9. The van der Waals surface area contributed by atoms with E-state index in [0.717, 1.165) is 134 Å². The van der Waals surface area contributed by atoms with Crippen molar-refractivity contribution in [3.63, 3.8) is 0 Å². The molecule has 0 saturated carbocycles. The lowest BCUT2D eigenvalue weighted by Gasteiger charge is -2.51. The van der Waals surface area contributed by atoms with Gasteiger partial charge in [-0.25, -0.2) is 0 Å². The average Bonchev–Trinajstić information content (AvgIpc) is 0.827. The van der Waals surface area contributed by atoms with Crippen LogP contribution in [0.25, 0.3) is 0 Å². The van der Waals surface area contributed by atoms with E-state index in [1.165, 1.54) is 17.1 Å². The molecule has 1 aromatic carbocycles. The topological polar surface area (TPSA) is 130 Å². The summed E-state index contributed by atoms with van der Waals surface area (Å²) in [5.74, 6) is 2.41. The van der Waals surface area contributed by atoms with Gasteiger partial charge < -0.3 is 61.3 Å². The molecule has 88 heavy (non-hydrogen) atoms. The summed E-state index contributed by atoms with van der Waals surface area (Å²) in [5, 5.41) is 24.0. The fourth-order valence-corrected chi connectivity index (χ4v) is 19.7. The predicted octanol–water partition coefficient (Wildman–Crippen LogP) is 13.3. The zero-order valence-corrected chi connectivity index (χ0v) is 61.9.